The number of rotatable bonds is 7. The maximum Gasteiger partial charge on any atom is 0.271 e. The number of hydrazine groups is 1. The van der Waals surface area contributed by atoms with Crippen molar-refractivity contribution in [1.29, 1.82) is 0 Å². The lowest BCUT2D eigenvalue weighted by Crippen LogP contribution is -2.44. The molecule has 0 bridgehead atoms. The average molecular weight is 459 g/mol. The molecule has 0 radical (unpaired) electrons. The number of nitrogens with one attached hydrogen (secondary N) is 4. The minimum Gasteiger partial charge on any atom is -0.376 e. The van der Waals surface area contributed by atoms with Crippen LogP contribution in [0.25, 0.3) is 0 Å². The second-order valence-corrected chi connectivity index (χ2v) is 9.65. The minimum atomic E-state index is -3.72. The van der Waals surface area contributed by atoms with Crippen molar-refractivity contribution < 1.29 is 18.0 Å². The molecule has 1 heterocycles. The number of amides is 2. The van der Waals surface area contributed by atoms with E-state index in [1.165, 1.54) is 24.3 Å². The van der Waals surface area contributed by atoms with Crippen LogP contribution in [-0.4, -0.2) is 26.8 Å². The third-order valence-corrected chi connectivity index (χ3v) is 7.05. The average Bonchev–Trinajstić information content (AvgIpc) is 3.27. The first kappa shape index (κ1) is 22.3. The highest BCUT2D eigenvalue weighted by atomic mass is 32.2. The molecule has 8 nitrogen and oxygen atoms in total. The summed E-state index contributed by atoms with van der Waals surface area (Å²) in [7, 11) is -3.72. The van der Waals surface area contributed by atoms with E-state index in [4.69, 9.17) is 0 Å². The largest absolute Gasteiger partial charge is 0.376 e. The van der Waals surface area contributed by atoms with Crippen LogP contribution in [0.2, 0.25) is 0 Å². The third kappa shape index (κ3) is 6.06. The lowest BCUT2D eigenvalue weighted by molar-refractivity contribution is -0.120. The molecule has 0 unspecified atom stereocenters. The quantitative estimate of drug-likeness (QED) is 0.406. The lowest BCUT2D eigenvalue weighted by atomic mass is 10.1. The number of hydrogen-bond donors (Lipinski definition) is 4. The van der Waals surface area contributed by atoms with Crippen molar-refractivity contribution in [2.45, 2.75) is 18.1 Å². The molecular weight excluding hydrogens is 436 g/mol. The maximum atomic E-state index is 12.3. The number of carbonyl (C=O) groups excluding carboxylic acids is 2. The summed E-state index contributed by atoms with van der Waals surface area (Å²) in [6, 6.07) is 14.9. The van der Waals surface area contributed by atoms with Gasteiger partial charge >= 0.3 is 0 Å². The van der Waals surface area contributed by atoms with Crippen molar-refractivity contribution in [3.05, 3.63) is 76.7 Å². The van der Waals surface area contributed by atoms with Crippen molar-refractivity contribution in [3.8, 4) is 0 Å². The summed E-state index contributed by atoms with van der Waals surface area (Å²) in [6.07, 6.45) is 0. The van der Waals surface area contributed by atoms with E-state index in [1.54, 1.807) is 17.5 Å². The first-order valence-corrected chi connectivity index (χ1v) is 11.7. The molecule has 0 atom stereocenters. The van der Waals surface area contributed by atoms with Gasteiger partial charge in [0.2, 0.25) is 0 Å². The van der Waals surface area contributed by atoms with Crippen molar-refractivity contribution in [2.24, 2.45) is 0 Å². The summed E-state index contributed by atoms with van der Waals surface area (Å²) in [6.45, 7) is 3.90. The van der Waals surface area contributed by atoms with E-state index >= 15 is 0 Å². The fraction of sp³-hybridized carbons (Fsp3) is 0.143. The summed E-state index contributed by atoms with van der Waals surface area (Å²) < 4.78 is 27.3. The molecular formula is C21H22N4O4S2. The first-order valence-electron chi connectivity index (χ1n) is 9.31. The van der Waals surface area contributed by atoms with E-state index in [9.17, 15) is 18.0 Å². The zero-order valence-electron chi connectivity index (χ0n) is 16.9. The molecule has 1 aromatic heterocycles. The van der Waals surface area contributed by atoms with Crippen LogP contribution in [0, 0.1) is 13.8 Å². The van der Waals surface area contributed by atoms with Crippen LogP contribution in [0.5, 0.6) is 0 Å². The van der Waals surface area contributed by atoms with Crippen molar-refractivity contribution in [1.82, 2.24) is 10.9 Å². The number of carbonyl (C=O) groups is 2. The molecule has 0 aliphatic heterocycles. The summed E-state index contributed by atoms with van der Waals surface area (Å²) in [5.41, 5.74) is 8.05. The molecule has 2 aromatic carbocycles. The van der Waals surface area contributed by atoms with Gasteiger partial charge in [0, 0.05) is 16.9 Å². The van der Waals surface area contributed by atoms with Crippen LogP contribution in [-0.2, 0) is 14.8 Å². The van der Waals surface area contributed by atoms with Gasteiger partial charge in [0.25, 0.3) is 21.8 Å². The van der Waals surface area contributed by atoms with Crippen LogP contribution in [0.1, 0.15) is 21.5 Å². The van der Waals surface area contributed by atoms with Crippen molar-refractivity contribution in [3.63, 3.8) is 0 Å². The van der Waals surface area contributed by atoms with E-state index in [-0.39, 0.29) is 22.0 Å². The van der Waals surface area contributed by atoms with Crippen LogP contribution < -0.4 is 20.9 Å². The Morgan fingerprint density at radius 3 is 2.48 bits per heavy atom. The highest BCUT2D eigenvalue weighted by Gasteiger charge is 2.16. The molecule has 162 valence electrons. The zero-order valence-corrected chi connectivity index (χ0v) is 18.6. The van der Waals surface area contributed by atoms with E-state index in [0.717, 1.165) is 28.2 Å². The Morgan fingerprint density at radius 2 is 1.77 bits per heavy atom. The minimum absolute atomic E-state index is 0.0230. The number of anilines is 2. The Hall–Kier alpha value is -3.37. The number of hydrogen-bond acceptors (Lipinski definition) is 6. The van der Waals surface area contributed by atoms with Gasteiger partial charge in [-0.1, -0.05) is 29.8 Å². The Kier molecular flexibility index (Phi) is 6.93. The van der Waals surface area contributed by atoms with Crippen LogP contribution in [0.15, 0.2) is 64.2 Å². The van der Waals surface area contributed by atoms with Gasteiger partial charge < -0.3 is 5.32 Å². The van der Waals surface area contributed by atoms with Gasteiger partial charge in [0.1, 0.15) is 4.21 Å². The second-order valence-electron chi connectivity index (χ2n) is 6.79. The molecule has 31 heavy (non-hydrogen) atoms. The van der Waals surface area contributed by atoms with E-state index < -0.39 is 21.8 Å². The Balaban J connectivity index is 1.54. The predicted molar refractivity (Wildman–Crippen MR) is 122 cm³/mol. The SMILES string of the molecule is Cc1ccc(NCC(=O)NNC(=O)c2cccc(NS(=O)(=O)c3cccs3)c2)c(C)c1. The molecule has 0 aliphatic carbocycles. The summed E-state index contributed by atoms with van der Waals surface area (Å²) in [5.74, 6) is -1.00. The van der Waals surface area contributed by atoms with Crippen LogP contribution in [0.3, 0.4) is 0 Å². The Bertz CT molecular complexity index is 1190. The van der Waals surface area contributed by atoms with Crippen molar-refractivity contribution >= 4 is 44.5 Å². The Labute approximate surface area is 184 Å². The van der Waals surface area contributed by atoms with Gasteiger partial charge in [-0.2, -0.15) is 0 Å². The van der Waals surface area contributed by atoms with Crippen LogP contribution >= 0.6 is 11.3 Å². The number of sulfonamides is 1. The molecule has 0 aliphatic rings. The Morgan fingerprint density at radius 1 is 0.968 bits per heavy atom. The highest BCUT2D eigenvalue weighted by Crippen LogP contribution is 2.21. The topological polar surface area (TPSA) is 116 Å². The van der Waals surface area contributed by atoms with E-state index in [2.05, 4.69) is 20.9 Å². The summed E-state index contributed by atoms with van der Waals surface area (Å²) in [4.78, 5) is 24.4. The maximum absolute atomic E-state index is 12.3. The van der Waals surface area contributed by atoms with Crippen LogP contribution in [0.4, 0.5) is 11.4 Å². The molecule has 3 aromatic rings. The highest BCUT2D eigenvalue weighted by molar-refractivity contribution is 7.94. The van der Waals surface area contributed by atoms with E-state index in [1.807, 2.05) is 32.0 Å². The molecule has 0 fully saturated rings. The summed E-state index contributed by atoms with van der Waals surface area (Å²) >= 11 is 1.09. The lowest BCUT2D eigenvalue weighted by Gasteiger charge is -2.12. The second kappa shape index (κ2) is 9.63. The van der Waals surface area contributed by atoms with Gasteiger partial charge in [-0.05, 0) is 55.1 Å². The third-order valence-electron chi connectivity index (χ3n) is 4.27. The molecule has 4 N–H and O–H groups in total. The van der Waals surface area contributed by atoms with Gasteiger partial charge in [-0.3, -0.25) is 25.2 Å². The van der Waals surface area contributed by atoms with Gasteiger partial charge in [0.15, 0.2) is 0 Å². The number of thiophene rings is 1. The van der Waals surface area contributed by atoms with Gasteiger partial charge in [0.05, 0.1) is 6.54 Å². The number of benzene rings is 2. The fourth-order valence-corrected chi connectivity index (χ4v) is 4.82. The molecule has 10 heteroatoms. The molecule has 2 amide bonds. The fourth-order valence-electron chi connectivity index (χ4n) is 2.78. The standard InChI is InChI=1S/C21H22N4O4S2/c1-14-8-9-18(15(2)11-14)22-13-19(26)23-24-21(27)16-5-3-6-17(12-16)25-31(28,29)20-7-4-10-30-20/h3-12,22,25H,13H2,1-2H3,(H,23,26)(H,24,27). The molecule has 3 rings (SSSR count). The zero-order chi connectivity index (χ0) is 22.4. The normalized spacial score (nSPS) is 10.9. The number of aryl methyl sites for hydroxylation is 2. The van der Waals surface area contributed by atoms with Gasteiger partial charge in [-0.15, -0.1) is 11.3 Å². The van der Waals surface area contributed by atoms with E-state index in [0.29, 0.717) is 0 Å². The smallest absolute Gasteiger partial charge is 0.271 e. The first-order chi connectivity index (χ1) is 14.7. The van der Waals surface area contributed by atoms with Crippen molar-refractivity contribution in [2.75, 3.05) is 16.6 Å². The molecule has 0 saturated carbocycles. The molecule has 0 spiro atoms. The monoisotopic (exact) mass is 458 g/mol. The van der Waals surface area contributed by atoms with Gasteiger partial charge in [-0.25, -0.2) is 8.42 Å². The molecule has 0 saturated heterocycles. The summed E-state index contributed by atoms with van der Waals surface area (Å²) in [5, 5.41) is 4.68. The predicted octanol–water partition coefficient (Wildman–Crippen LogP) is 3.04.